The molecule has 0 fully saturated rings. The molecule has 0 heterocycles. The average Bonchev–Trinajstić information content (AvgIpc) is 2.26. The van der Waals surface area contributed by atoms with E-state index in [0.717, 1.165) is 11.3 Å². The third-order valence-corrected chi connectivity index (χ3v) is 2.39. The number of likely N-dealkylation sites (N-methyl/N-ethyl adjacent to an activating group) is 1. The van der Waals surface area contributed by atoms with Crippen LogP contribution in [0.3, 0.4) is 0 Å². The Kier molecular flexibility index (Phi) is 5.65. The number of benzene rings is 1. The number of carboxylic acids is 1. The highest BCUT2D eigenvalue weighted by Gasteiger charge is 2.09. The first-order valence-corrected chi connectivity index (χ1v) is 6.10. The van der Waals surface area contributed by atoms with Crippen molar-refractivity contribution in [3.63, 3.8) is 0 Å². The molecule has 4 heteroatoms. The maximum Gasteiger partial charge on any atom is 0.317 e. The lowest BCUT2D eigenvalue weighted by molar-refractivity contribution is -0.138. The number of nitrogens with zero attached hydrogens (tertiary/aromatic N) is 1. The van der Waals surface area contributed by atoms with Crippen LogP contribution in [-0.2, 0) is 11.3 Å². The molecule has 0 bridgehead atoms. The lowest BCUT2D eigenvalue weighted by Gasteiger charge is -2.17. The summed E-state index contributed by atoms with van der Waals surface area (Å²) in [6, 6.07) is 7.75. The molecular weight excluding hydrogens is 230 g/mol. The van der Waals surface area contributed by atoms with E-state index in [1.807, 2.05) is 24.3 Å². The van der Waals surface area contributed by atoms with Gasteiger partial charge in [-0.2, -0.15) is 0 Å². The van der Waals surface area contributed by atoms with Gasteiger partial charge in [0.2, 0.25) is 0 Å². The van der Waals surface area contributed by atoms with Crippen LogP contribution in [0.1, 0.15) is 19.4 Å². The molecule has 0 atom stereocenters. The summed E-state index contributed by atoms with van der Waals surface area (Å²) < 4.78 is 5.73. The topological polar surface area (TPSA) is 49.8 Å². The van der Waals surface area contributed by atoms with Crippen molar-refractivity contribution in [2.75, 3.05) is 20.2 Å². The first-order chi connectivity index (χ1) is 8.49. The summed E-state index contributed by atoms with van der Waals surface area (Å²) in [6.45, 7) is 5.46. The summed E-state index contributed by atoms with van der Waals surface area (Å²) in [6.07, 6.45) is 0. The van der Waals surface area contributed by atoms with Crippen molar-refractivity contribution in [2.45, 2.75) is 20.4 Å². The molecule has 1 rings (SSSR count). The Morgan fingerprint density at radius 1 is 1.39 bits per heavy atom. The molecule has 1 aromatic rings. The number of para-hydroxylation sites is 1. The van der Waals surface area contributed by atoms with Crippen LogP contribution in [0.2, 0.25) is 0 Å². The SMILES string of the molecule is CC(C)COc1ccccc1CN(C)CC(=O)O. The first-order valence-electron chi connectivity index (χ1n) is 6.10. The van der Waals surface area contributed by atoms with Gasteiger partial charge in [0, 0.05) is 12.1 Å². The van der Waals surface area contributed by atoms with Crippen LogP contribution in [0.5, 0.6) is 5.75 Å². The molecule has 0 spiro atoms. The molecule has 0 aromatic heterocycles. The molecule has 0 radical (unpaired) electrons. The van der Waals surface area contributed by atoms with E-state index >= 15 is 0 Å². The Bertz CT molecular complexity index is 390. The van der Waals surface area contributed by atoms with Crippen molar-refractivity contribution in [1.29, 1.82) is 0 Å². The van der Waals surface area contributed by atoms with Crippen LogP contribution in [0, 0.1) is 5.92 Å². The number of hydrogen-bond acceptors (Lipinski definition) is 3. The van der Waals surface area contributed by atoms with Crippen molar-refractivity contribution in [2.24, 2.45) is 5.92 Å². The van der Waals surface area contributed by atoms with Crippen molar-refractivity contribution < 1.29 is 14.6 Å². The normalized spacial score (nSPS) is 10.9. The molecule has 18 heavy (non-hydrogen) atoms. The Labute approximate surface area is 108 Å². The van der Waals surface area contributed by atoms with Gasteiger partial charge in [-0.25, -0.2) is 0 Å². The van der Waals surface area contributed by atoms with Crippen LogP contribution < -0.4 is 4.74 Å². The van der Waals surface area contributed by atoms with Crippen molar-refractivity contribution in [3.05, 3.63) is 29.8 Å². The molecule has 0 saturated heterocycles. The maximum absolute atomic E-state index is 10.6. The van der Waals surface area contributed by atoms with Crippen LogP contribution in [-0.4, -0.2) is 36.2 Å². The minimum atomic E-state index is -0.821. The van der Waals surface area contributed by atoms with Crippen molar-refractivity contribution in [1.82, 2.24) is 4.90 Å². The zero-order chi connectivity index (χ0) is 13.5. The van der Waals surface area contributed by atoms with E-state index in [1.165, 1.54) is 0 Å². The van der Waals surface area contributed by atoms with Gasteiger partial charge in [0.1, 0.15) is 5.75 Å². The van der Waals surface area contributed by atoms with Crippen LogP contribution >= 0.6 is 0 Å². The van der Waals surface area contributed by atoms with Gasteiger partial charge < -0.3 is 9.84 Å². The molecule has 1 N–H and O–H groups in total. The van der Waals surface area contributed by atoms with Gasteiger partial charge in [0.15, 0.2) is 0 Å². The third kappa shape index (κ3) is 5.19. The van der Waals surface area contributed by atoms with E-state index in [0.29, 0.717) is 19.1 Å². The number of rotatable bonds is 7. The molecular formula is C14H21NO3. The van der Waals surface area contributed by atoms with Crippen molar-refractivity contribution >= 4 is 5.97 Å². The quantitative estimate of drug-likeness (QED) is 0.807. The van der Waals surface area contributed by atoms with Gasteiger partial charge in [0.25, 0.3) is 0 Å². The van der Waals surface area contributed by atoms with Gasteiger partial charge in [-0.3, -0.25) is 9.69 Å². The molecule has 0 aliphatic heterocycles. The van der Waals surface area contributed by atoms with E-state index in [9.17, 15) is 4.79 Å². The fourth-order valence-electron chi connectivity index (χ4n) is 1.61. The average molecular weight is 251 g/mol. The zero-order valence-electron chi connectivity index (χ0n) is 11.2. The maximum atomic E-state index is 10.6. The number of hydrogen-bond donors (Lipinski definition) is 1. The van der Waals surface area contributed by atoms with Crippen LogP contribution in [0.4, 0.5) is 0 Å². The van der Waals surface area contributed by atoms with Crippen molar-refractivity contribution in [3.8, 4) is 5.75 Å². The molecule has 0 amide bonds. The number of carboxylic acid groups (broad SMARTS) is 1. The molecule has 100 valence electrons. The number of aliphatic carboxylic acids is 1. The molecule has 0 saturated carbocycles. The minimum Gasteiger partial charge on any atom is -0.493 e. The monoisotopic (exact) mass is 251 g/mol. The van der Waals surface area contributed by atoms with Gasteiger partial charge in [-0.05, 0) is 19.0 Å². The van der Waals surface area contributed by atoms with Gasteiger partial charge >= 0.3 is 5.97 Å². The minimum absolute atomic E-state index is 0.0263. The Morgan fingerprint density at radius 3 is 2.67 bits per heavy atom. The smallest absolute Gasteiger partial charge is 0.317 e. The highest BCUT2D eigenvalue weighted by Crippen LogP contribution is 2.20. The standard InChI is InChI=1S/C14H21NO3/c1-11(2)10-18-13-7-5-4-6-12(13)8-15(3)9-14(16)17/h4-7,11H,8-10H2,1-3H3,(H,16,17). The first kappa shape index (κ1) is 14.5. The van der Waals surface area contributed by atoms with E-state index in [1.54, 1.807) is 11.9 Å². The highest BCUT2D eigenvalue weighted by molar-refractivity contribution is 5.69. The Morgan fingerprint density at radius 2 is 2.06 bits per heavy atom. The zero-order valence-corrected chi connectivity index (χ0v) is 11.2. The van der Waals surface area contributed by atoms with E-state index in [4.69, 9.17) is 9.84 Å². The molecule has 0 aliphatic rings. The lowest BCUT2D eigenvalue weighted by Crippen LogP contribution is -2.25. The fourth-order valence-corrected chi connectivity index (χ4v) is 1.61. The number of carbonyl (C=O) groups is 1. The second-order valence-corrected chi connectivity index (χ2v) is 4.88. The lowest BCUT2D eigenvalue weighted by atomic mass is 10.2. The summed E-state index contributed by atoms with van der Waals surface area (Å²) >= 11 is 0. The van der Waals surface area contributed by atoms with Crippen LogP contribution in [0.15, 0.2) is 24.3 Å². The molecule has 0 unspecified atom stereocenters. The summed E-state index contributed by atoms with van der Waals surface area (Å²) in [4.78, 5) is 12.4. The highest BCUT2D eigenvalue weighted by atomic mass is 16.5. The number of ether oxygens (including phenoxy) is 1. The predicted molar refractivity (Wildman–Crippen MR) is 70.7 cm³/mol. The van der Waals surface area contributed by atoms with E-state index < -0.39 is 5.97 Å². The van der Waals surface area contributed by atoms with Gasteiger partial charge in [0.05, 0.1) is 13.2 Å². The predicted octanol–water partition coefficient (Wildman–Crippen LogP) is 2.24. The third-order valence-electron chi connectivity index (χ3n) is 2.39. The summed E-state index contributed by atoms with van der Waals surface area (Å²) in [7, 11) is 1.79. The van der Waals surface area contributed by atoms with Crippen LogP contribution in [0.25, 0.3) is 0 Å². The molecule has 4 nitrogen and oxygen atoms in total. The second kappa shape index (κ2) is 7.01. The molecule has 1 aromatic carbocycles. The summed E-state index contributed by atoms with van der Waals surface area (Å²) in [5, 5.41) is 8.73. The summed E-state index contributed by atoms with van der Waals surface area (Å²) in [5.41, 5.74) is 1.02. The fraction of sp³-hybridized carbons (Fsp3) is 0.500. The molecule has 0 aliphatic carbocycles. The Balaban J connectivity index is 2.66. The van der Waals surface area contributed by atoms with Gasteiger partial charge in [-0.1, -0.05) is 32.0 Å². The van der Waals surface area contributed by atoms with Gasteiger partial charge in [-0.15, -0.1) is 0 Å². The Hall–Kier alpha value is -1.55. The second-order valence-electron chi connectivity index (χ2n) is 4.88. The summed E-state index contributed by atoms with van der Waals surface area (Å²) in [5.74, 6) is 0.483. The van der Waals surface area contributed by atoms with E-state index in [-0.39, 0.29) is 6.54 Å². The van der Waals surface area contributed by atoms with E-state index in [2.05, 4.69) is 13.8 Å². The largest absolute Gasteiger partial charge is 0.493 e.